The lowest BCUT2D eigenvalue weighted by Crippen LogP contribution is -2.53. The standard InChI is InChI=1S/C34H64N6O10/c1-32(2,3)27(13-14-29(42)49-33(4,5)6)39-31(44)38-26(30(43)50-34(7,8)9)12-10-11-16-36-28(41)15-18-45-20-22-47-24-25-48-23-21-46-19-17-37-40-35/h26-27H,10-25H2,1-9H3,(H,36,41)(H2,38,39,44)/t26-,27-/m0/s1. The average Bonchev–Trinajstić information content (AvgIpc) is 2.98. The molecule has 50 heavy (non-hydrogen) atoms. The molecule has 3 N–H and O–H groups in total. The van der Waals surface area contributed by atoms with E-state index in [1.165, 1.54) is 0 Å². The summed E-state index contributed by atoms with van der Waals surface area (Å²) in [5, 5.41) is 11.9. The molecule has 0 saturated carbocycles. The number of esters is 2. The van der Waals surface area contributed by atoms with E-state index in [9.17, 15) is 19.2 Å². The number of hydrogen-bond donors (Lipinski definition) is 3. The molecular weight excluding hydrogens is 652 g/mol. The molecule has 0 radical (unpaired) electrons. The lowest BCUT2D eigenvalue weighted by Gasteiger charge is -2.32. The molecule has 0 aromatic rings. The summed E-state index contributed by atoms with van der Waals surface area (Å²) in [6, 6.07) is -1.78. The van der Waals surface area contributed by atoms with Crippen molar-refractivity contribution in [3.63, 3.8) is 0 Å². The Labute approximate surface area is 298 Å². The zero-order chi connectivity index (χ0) is 38.1. The molecule has 290 valence electrons. The highest BCUT2D eigenvalue weighted by Crippen LogP contribution is 2.24. The van der Waals surface area contributed by atoms with Crippen LogP contribution in [0.3, 0.4) is 0 Å². The minimum absolute atomic E-state index is 0.138. The zero-order valence-corrected chi connectivity index (χ0v) is 31.9. The number of hydrogen-bond acceptors (Lipinski definition) is 11. The van der Waals surface area contributed by atoms with Crippen molar-refractivity contribution in [2.24, 2.45) is 10.5 Å². The van der Waals surface area contributed by atoms with Crippen LogP contribution in [0, 0.1) is 5.41 Å². The van der Waals surface area contributed by atoms with E-state index in [4.69, 9.17) is 34.0 Å². The van der Waals surface area contributed by atoms with Gasteiger partial charge in [-0.05, 0) is 78.2 Å². The minimum Gasteiger partial charge on any atom is -0.460 e. The third kappa shape index (κ3) is 28.6. The Morgan fingerprint density at radius 1 is 0.680 bits per heavy atom. The van der Waals surface area contributed by atoms with Gasteiger partial charge in [0.1, 0.15) is 17.2 Å². The predicted octanol–water partition coefficient (Wildman–Crippen LogP) is 4.59. The normalized spacial score (nSPS) is 13.1. The second-order valence-corrected chi connectivity index (χ2v) is 14.7. The van der Waals surface area contributed by atoms with Crippen LogP contribution in [0.25, 0.3) is 10.4 Å². The van der Waals surface area contributed by atoms with E-state index < -0.39 is 29.2 Å². The highest BCUT2D eigenvalue weighted by atomic mass is 16.6. The van der Waals surface area contributed by atoms with Crippen LogP contribution in [0.15, 0.2) is 5.11 Å². The quantitative estimate of drug-likeness (QED) is 0.0373. The number of amides is 3. The fraction of sp³-hybridized carbons (Fsp3) is 0.882. The SMILES string of the molecule is CC(C)(C)OC(=O)CC[C@H](NC(=O)N[C@@H](CCCCNC(=O)CCOCCOCCOCCOCCN=[N+]=[N-])C(=O)OC(C)(C)C)C(C)(C)C. The highest BCUT2D eigenvalue weighted by molar-refractivity contribution is 5.84. The van der Waals surface area contributed by atoms with Gasteiger partial charge in [-0.15, -0.1) is 0 Å². The third-order valence-electron chi connectivity index (χ3n) is 6.63. The first-order valence-corrected chi connectivity index (χ1v) is 17.4. The molecule has 3 amide bonds. The topological polar surface area (TPSA) is 209 Å². The minimum atomic E-state index is -0.894. The van der Waals surface area contributed by atoms with E-state index in [1.54, 1.807) is 41.5 Å². The van der Waals surface area contributed by atoms with Gasteiger partial charge in [0.05, 0.1) is 52.9 Å². The first-order chi connectivity index (χ1) is 23.3. The largest absolute Gasteiger partial charge is 0.460 e. The van der Waals surface area contributed by atoms with Crippen molar-refractivity contribution in [2.75, 3.05) is 65.9 Å². The van der Waals surface area contributed by atoms with E-state index in [2.05, 4.69) is 26.0 Å². The molecule has 0 bridgehead atoms. The first-order valence-electron chi connectivity index (χ1n) is 17.4. The number of ether oxygens (including phenoxy) is 6. The number of carbonyl (C=O) groups is 4. The van der Waals surface area contributed by atoms with Crippen LogP contribution in [0.1, 0.15) is 101 Å². The van der Waals surface area contributed by atoms with Gasteiger partial charge in [-0.2, -0.15) is 0 Å². The van der Waals surface area contributed by atoms with Crippen molar-refractivity contribution >= 4 is 23.9 Å². The van der Waals surface area contributed by atoms with Crippen molar-refractivity contribution in [3.05, 3.63) is 10.4 Å². The smallest absolute Gasteiger partial charge is 0.329 e. The van der Waals surface area contributed by atoms with Gasteiger partial charge < -0.3 is 44.4 Å². The van der Waals surface area contributed by atoms with Gasteiger partial charge in [-0.1, -0.05) is 25.9 Å². The summed E-state index contributed by atoms with van der Waals surface area (Å²) in [6.07, 6.45) is 2.17. The Balaban J connectivity index is 4.45. The lowest BCUT2D eigenvalue weighted by atomic mass is 9.84. The number of nitrogens with one attached hydrogen (secondary N) is 3. The summed E-state index contributed by atoms with van der Waals surface area (Å²) < 4.78 is 32.4. The number of rotatable bonds is 26. The van der Waals surface area contributed by atoms with Crippen molar-refractivity contribution in [3.8, 4) is 0 Å². The molecule has 0 spiro atoms. The number of nitrogens with zero attached hydrogens (tertiary/aromatic N) is 3. The third-order valence-corrected chi connectivity index (χ3v) is 6.63. The molecule has 0 fully saturated rings. The Morgan fingerprint density at radius 3 is 1.74 bits per heavy atom. The molecule has 16 heteroatoms. The summed E-state index contributed by atoms with van der Waals surface area (Å²) >= 11 is 0. The fourth-order valence-electron chi connectivity index (χ4n) is 4.22. The molecular formula is C34H64N6O10. The average molecular weight is 717 g/mol. The second kappa shape index (κ2) is 25.7. The molecule has 16 nitrogen and oxygen atoms in total. The molecule has 0 saturated heterocycles. The van der Waals surface area contributed by atoms with Crippen LogP contribution in [0.2, 0.25) is 0 Å². The molecule has 2 atom stereocenters. The molecule has 0 aliphatic carbocycles. The van der Waals surface area contributed by atoms with E-state index in [0.29, 0.717) is 85.0 Å². The number of azide groups is 1. The molecule has 0 aliphatic heterocycles. The van der Waals surface area contributed by atoms with Crippen LogP contribution in [0.5, 0.6) is 0 Å². The Bertz CT molecular complexity index is 1030. The van der Waals surface area contributed by atoms with Gasteiger partial charge in [-0.3, -0.25) is 9.59 Å². The second-order valence-electron chi connectivity index (χ2n) is 14.7. The van der Waals surface area contributed by atoms with Gasteiger partial charge >= 0.3 is 18.0 Å². The summed E-state index contributed by atoms with van der Waals surface area (Å²) in [5.41, 5.74) is 6.48. The van der Waals surface area contributed by atoms with E-state index in [1.807, 2.05) is 20.8 Å². The van der Waals surface area contributed by atoms with Crippen LogP contribution >= 0.6 is 0 Å². The number of urea groups is 1. The van der Waals surface area contributed by atoms with Crippen molar-refractivity contribution in [2.45, 2.75) is 124 Å². The van der Waals surface area contributed by atoms with Gasteiger partial charge in [0.25, 0.3) is 0 Å². The van der Waals surface area contributed by atoms with Crippen molar-refractivity contribution in [1.82, 2.24) is 16.0 Å². The van der Waals surface area contributed by atoms with Crippen LogP contribution in [-0.2, 0) is 42.8 Å². The molecule has 0 heterocycles. The fourth-order valence-corrected chi connectivity index (χ4v) is 4.22. The van der Waals surface area contributed by atoms with Gasteiger partial charge in [0.15, 0.2) is 0 Å². The molecule has 0 aromatic heterocycles. The van der Waals surface area contributed by atoms with Crippen LogP contribution in [-0.4, -0.2) is 113 Å². The van der Waals surface area contributed by atoms with Gasteiger partial charge in [0, 0.05) is 36.9 Å². The summed E-state index contributed by atoms with van der Waals surface area (Å²) in [5.74, 6) is -1.04. The summed E-state index contributed by atoms with van der Waals surface area (Å²) in [7, 11) is 0. The van der Waals surface area contributed by atoms with Crippen LogP contribution in [0.4, 0.5) is 4.79 Å². The summed E-state index contributed by atoms with van der Waals surface area (Å²) in [4.78, 5) is 53.2. The highest BCUT2D eigenvalue weighted by Gasteiger charge is 2.31. The number of unbranched alkanes of at least 4 members (excludes halogenated alkanes) is 1. The molecule has 0 rings (SSSR count). The molecule has 0 unspecified atom stereocenters. The van der Waals surface area contributed by atoms with Crippen molar-refractivity contribution in [1.29, 1.82) is 0 Å². The first kappa shape index (κ1) is 46.8. The molecule has 0 aromatic carbocycles. The molecule has 0 aliphatic rings. The Kier molecular flexibility index (Phi) is 24.1. The monoisotopic (exact) mass is 716 g/mol. The van der Waals surface area contributed by atoms with Crippen LogP contribution < -0.4 is 16.0 Å². The Hall–Kier alpha value is -3.17. The number of carbonyl (C=O) groups excluding carboxylic acids is 4. The Morgan fingerprint density at radius 2 is 1.22 bits per heavy atom. The summed E-state index contributed by atoms with van der Waals surface area (Å²) in [6.45, 7) is 20.3. The van der Waals surface area contributed by atoms with Gasteiger partial charge in [-0.25, -0.2) is 9.59 Å². The van der Waals surface area contributed by atoms with E-state index in [-0.39, 0.29) is 42.8 Å². The maximum absolute atomic E-state index is 13.1. The van der Waals surface area contributed by atoms with E-state index in [0.717, 1.165) is 0 Å². The zero-order valence-electron chi connectivity index (χ0n) is 31.9. The maximum Gasteiger partial charge on any atom is 0.329 e. The predicted molar refractivity (Wildman–Crippen MR) is 188 cm³/mol. The lowest BCUT2D eigenvalue weighted by molar-refractivity contribution is -0.157. The maximum atomic E-state index is 13.1. The van der Waals surface area contributed by atoms with Crippen molar-refractivity contribution < 1.29 is 47.6 Å². The van der Waals surface area contributed by atoms with E-state index >= 15 is 0 Å². The van der Waals surface area contributed by atoms with Gasteiger partial charge in [0.2, 0.25) is 5.91 Å².